The monoisotopic (exact) mass is 347 g/mol. The first kappa shape index (κ1) is 17.1. The van der Waals surface area contributed by atoms with Crippen molar-refractivity contribution in [1.29, 1.82) is 0 Å². The lowest BCUT2D eigenvalue weighted by Crippen LogP contribution is -2.44. The number of aliphatic hydroxyl groups is 1. The molecule has 2 unspecified atom stereocenters. The summed E-state index contributed by atoms with van der Waals surface area (Å²) in [6.07, 6.45) is -0.645. The minimum absolute atomic E-state index is 0.205. The van der Waals surface area contributed by atoms with Crippen LogP contribution in [-0.2, 0) is 4.79 Å². The van der Waals surface area contributed by atoms with Crippen LogP contribution in [0.2, 0.25) is 0 Å². The van der Waals surface area contributed by atoms with Gasteiger partial charge in [-0.25, -0.2) is 4.79 Å². The van der Waals surface area contributed by atoms with Crippen molar-refractivity contribution in [3.05, 3.63) is 35.0 Å². The van der Waals surface area contributed by atoms with Crippen LogP contribution in [-0.4, -0.2) is 55.4 Å². The second-order valence-corrected chi connectivity index (χ2v) is 6.07. The molecule has 3 amide bonds. The number of β-amino-alcohol motifs (C(OH)–C–C–N with tert-alkyl or cyclic N) is 1. The number of urea groups is 1. The SMILES string of the molecule is COc1ccc(C2NC(=O)NC3=C2C(=O)N(CC(C)O)C3)cc1OC. The van der Waals surface area contributed by atoms with E-state index in [1.54, 1.807) is 32.2 Å². The Kier molecular flexibility index (Phi) is 4.54. The summed E-state index contributed by atoms with van der Waals surface area (Å²) in [4.78, 5) is 26.3. The van der Waals surface area contributed by atoms with Gasteiger partial charge in [0.25, 0.3) is 5.91 Å². The Hall–Kier alpha value is -2.74. The number of ether oxygens (including phenoxy) is 2. The van der Waals surface area contributed by atoms with E-state index in [0.29, 0.717) is 28.3 Å². The van der Waals surface area contributed by atoms with E-state index in [0.717, 1.165) is 0 Å². The maximum absolute atomic E-state index is 12.8. The Labute approximate surface area is 145 Å². The molecule has 2 atom stereocenters. The average Bonchev–Trinajstić information content (AvgIpc) is 2.88. The largest absolute Gasteiger partial charge is 0.493 e. The highest BCUT2D eigenvalue weighted by Gasteiger charge is 2.40. The number of carbonyl (C=O) groups excluding carboxylic acids is 2. The van der Waals surface area contributed by atoms with Crippen LogP contribution < -0.4 is 20.1 Å². The highest BCUT2D eigenvalue weighted by molar-refractivity contribution is 6.01. The Morgan fingerprint density at radius 2 is 2.00 bits per heavy atom. The van der Waals surface area contributed by atoms with Crippen LogP contribution >= 0.6 is 0 Å². The van der Waals surface area contributed by atoms with E-state index >= 15 is 0 Å². The quantitative estimate of drug-likeness (QED) is 0.722. The van der Waals surface area contributed by atoms with Crippen molar-refractivity contribution in [3.8, 4) is 11.5 Å². The Morgan fingerprint density at radius 1 is 1.28 bits per heavy atom. The number of aliphatic hydroxyl groups excluding tert-OH is 1. The number of hydrogen-bond acceptors (Lipinski definition) is 5. The maximum atomic E-state index is 12.8. The minimum Gasteiger partial charge on any atom is -0.493 e. The van der Waals surface area contributed by atoms with Gasteiger partial charge in [0.15, 0.2) is 11.5 Å². The first-order valence-electron chi connectivity index (χ1n) is 7.94. The number of rotatable bonds is 5. The molecule has 0 fully saturated rings. The summed E-state index contributed by atoms with van der Waals surface area (Å²) in [7, 11) is 3.07. The summed E-state index contributed by atoms with van der Waals surface area (Å²) in [6.45, 7) is 2.10. The third kappa shape index (κ3) is 3.12. The third-order valence-corrected chi connectivity index (χ3v) is 4.25. The molecular formula is C17H21N3O5. The van der Waals surface area contributed by atoms with E-state index in [-0.39, 0.29) is 25.0 Å². The topological polar surface area (TPSA) is 100 Å². The van der Waals surface area contributed by atoms with Crippen LogP contribution in [0.4, 0.5) is 4.79 Å². The molecule has 2 aliphatic rings. The number of benzene rings is 1. The number of methoxy groups -OCH3 is 2. The van der Waals surface area contributed by atoms with Gasteiger partial charge in [0.1, 0.15) is 0 Å². The molecule has 0 spiro atoms. The molecular weight excluding hydrogens is 326 g/mol. The predicted molar refractivity (Wildman–Crippen MR) is 89.2 cm³/mol. The second-order valence-electron chi connectivity index (χ2n) is 6.07. The molecule has 2 heterocycles. The number of carbonyl (C=O) groups is 2. The van der Waals surface area contributed by atoms with Gasteiger partial charge in [-0.05, 0) is 24.6 Å². The van der Waals surface area contributed by atoms with Gasteiger partial charge in [0, 0.05) is 6.54 Å². The summed E-state index contributed by atoms with van der Waals surface area (Å²) in [6, 6.07) is 4.30. The fourth-order valence-corrected chi connectivity index (χ4v) is 3.18. The Balaban J connectivity index is 1.97. The molecule has 134 valence electrons. The van der Waals surface area contributed by atoms with Crippen molar-refractivity contribution >= 4 is 11.9 Å². The molecule has 0 saturated heterocycles. The van der Waals surface area contributed by atoms with Crippen molar-refractivity contribution in [3.63, 3.8) is 0 Å². The van der Waals surface area contributed by atoms with Gasteiger partial charge in [-0.2, -0.15) is 0 Å². The minimum atomic E-state index is -0.645. The molecule has 0 radical (unpaired) electrons. The van der Waals surface area contributed by atoms with E-state index in [1.165, 1.54) is 12.0 Å². The summed E-state index contributed by atoms with van der Waals surface area (Å²) < 4.78 is 10.5. The van der Waals surface area contributed by atoms with Gasteiger partial charge >= 0.3 is 6.03 Å². The fourth-order valence-electron chi connectivity index (χ4n) is 3.18. The number of amides is 3. The zero-order valence-corrected chi connectivity index (χ0v) is 14.3. The number of hydrogen-bond donors (Lipinski definition) is 3. The van der Waals surface area contributed by atoms with Gasteiger partial charge < -0.3 is 30.1 Å². The normalized spacial score (nSPS) is 20.8. The molecule has 1 aromatic rings. The fraction of sp³-hybridized carbons (Fsp3) is 0.412. The van der Waals surface area contributed by atoms with Crippen LogP contribution in [0.1, 0.15) is 18.5 Å². The number of nitrogens with one attached hydrogen (secondary N) is 2. The highest BCUT2D eigenvalue weighted by Crippen LogP contribution is 2.36. The van der Waals surface area contributed by atoms with Crippen molar-refractivity contribution in [1.82, 2.24) is 15.5 Å². The lowest BCUT2D eigenvalue weighted by atomic mass is 9.96. The van der Waals surface area contributed by atoms with Crippen LogP contribution in [0.5, 0.6) is 11.5 Å². The average molecular weight is 347 g/mol. The van der Waals surface area contributed by atoms with Gasteiger partial charge in [-0.3, -0.25) is 4.79 Å². The first-order valence-corrected chi connectivity index (χ1v) is 7.94. The van der Waals surface area contributed by atoms with Crippen LogP contribution in [0.15, 0.2) is 29.5 Å². The lowest BCUT2D eigenvalue weighted by Gasteiger charge is -2.26. The van der Waals surface area contributed by atoms with Crippen LogP contribution in [0.3, 0.4) is 0 Å². The summed E-state index contributed by atoms with van der Waals surface area (Å²) >= 11 is 0. The van der Waals surface area contributed by atoms with Gasteiger partial charge in [0.05, 0.1) is 44.2 Å². The summed E-state index contributed by atoms with van der Waals surface area (Å²) in [5, 5.41) is 15.1. The van der Waals surface area contributed by atoms with Gasteiger partial charge in [-0.1, -0.05) is 6.07 Å². The van der Waals surface area contributed by atoms with Crippen molar-refractivity contribution < 1.29 is 24.2 Å². The molecule has 3 N–H and O–H groups in total. The number of nitrogens with zero attached hydrogens (tertiary/aromatic N) is 1. The molecule has 8 heteroatoms. The van der Waals surface area contributed by atoms with E-state index in [2.05, 4.69) is 10.6 Å². The lowest BCUT2D eigenvalue weighted by molar-refractivity contribution is -0.126. The van der Waals surface area contributed by atoms with Crippen LogP contribution in [0.25, 0.3) is 0 Å². The van der Waals surface area contributed by atoms with E-state index in [9.17, 15) is 14.7 Å². The Bertz CT molecular complexity index is 744. The van der Waals surface area contributed by atoms with E-state index in [4.69, 9.17) is 9.47 Å². The summed E-state index contributed by atoms with van der Waals surface area (Å²) in [5.74, 6) is 0.874. The van der Waals surface area contributed by atoms with Gasteiger partial charge in [0.2, 0.25) is 0 Å². The summed E-state index contributed by atoms with van der Waals surface area (Å²) in [5.41, 5.74) is 1.76. The predicted octanol–water partition coefficient (Wildman–Crippen LogP) is 0.535. The molecule has 0 aromatic heterocycles. The van der Waals surface area contributed by atoms with Crippen LogP contribution in [0, 0.1) is 0 Å². The van der Waals surface area contributed by atoms with Crippen molar-refractivity contribution in [2.75, 3.05) is 27.3 Å². The molecule has 0 aliphatic carbocycles. The zero-order chi connectivity index (χ0) is 18.1. The standard InChI is InChI=1S/C17H21N3O5/c1-9(21)7-20-8-11-14(16(20)22)15(19-17(23)18-11)10-4-5-12(24-2)13(6-10)25-3/h4-6,9,15,21H,7-8H2,1-3H3,(H2,18,19,23). The Morgan fingerprint density at radius 3 is 2.64 bits per heavy atom. The van der Waals surface area contributed by atoms with Crippen molar-refractivity contribution in [2.24, 2.45) is 0 Å². The highest BCUT2D eigenvalue weighted by atomic mass is 16.5. The molecule has 8 nitrogen and oxygen atoms in total. The molecule has 1 aromatic carbocycles. The van der Waals surface area contributed by atoms with Gasteiger partial charge in [-0.15, -0.1) is 0 Å². The van der Waals surface area contributed by atoms with E-state index < -0.39 is 12.1 Å². The van der Waals surface area contributed by atoms with Crippen molar-refractivity contribution in [2.45, 2.75) is 19.1 Å². The molecule has 25 heavy (non-hydrogen) atoms. The van der Waals surface area contributed by atoms with E-state index in [1.807, 2.05) is 0 Å². The first-order chi connectivity index (χ1) is 11.9. The smallest absolute Gasteiger partial charge is 0.319 e. The maximum Gasteiger partial charge on any atom is 0.319 e. The molecule has 0 saturated carbocycles. The molecule has 2 aliphatic heterocycles. The molecule has 3 rings (SSSR count). The third-order valence-electron chi connectivity index (χ3n) is 4.25. The second kappa shape index (κ2) is 6.64. The molecule has 0 bridgehead atoms. The zero-order valence-electron chi connectivity index (χ0n) is 14.3.